The number of rotatable bonds is 6. The highest BCUT2D eigenvalue weighted by molar-refractivity contribution is 5.89. The molecule has 1 aliphatic rings. The van der Waals surface area contributed by atoms with Crippen molar-refractivity contribution < 1.29 is 18.7 Å². The topological polar surface area (TPSA) is 47.6 Å². The van der Waals surface area contributed by atoms with Crippen LogP contribution in [0.4, 0.5) is 4.39 Å². The second-order valence-corrected chi connectivity index (χ2v) is 7.10. The number of carbonyl (C=O) groups excluding carboxylic acids is 1. The molecule has 0 bridgehead atoms. The number of halogens is 1. The SMILES string of the molecule is COC(=O)c1ccc(C2CC[C@H](N[C@H](C)c3ccc(F)c(OC)c3)C2)cc1. The zero-order valence-corrected chi connectivity index (χ0v) is 16.0. The summed E-state index contributed by atoms with van der Waals surface area (Å²) < 4.78 is 23.4. The van der Waals surface area contributed by atoms with Crippen LogP contribution < -0.4 is 10.1 Å². The van der Waals surface area contributed by atoms with Crippen LogP contribution in [0.1, 0.15) is 59.6 Å². The molecular weight excluding hydrogens is 345 g/mol. The van der Waals surface area contributed by atoms with Crippen molar-refractivity contribution in [1.82, 2.24) is 5.32 Å². The van der Waals surface area contributed by atoms with Crippen molar-refractivity contribution in [1.29, 1.82) is 0 Å². The Morgan fingerprint density at radius 3 is 2.56 bits per heavy atom. The van der Waals surface area contributed by atoms with E-state index in [0.717, 1.165) is 24.8 Å². The van der Waals surface area contributed by atoms with Crippen LogP contribution in [0.5, 0.6) is 5.75 Å². The van der Waals surface area contributed by atoms with Crippen molar-refractivity contribution in [2.45, 2.75) is 44.2 Å². The zero-order chi connectivity index (χ0) is 19.4. The molecule has 0 aliphatic heterocycles. The maximum Gasteiger partial charge on any atom is 0.337 e. The van der Waals surface area contributed by atoms with Gasteiger partial charge < -0.3 is 14.8 Å². The molecule has 1 fully saturated rings. The quantitative estimate of drug-likeness (QED) is 0.754. The van der Waals surface area contributed by atoms with E-state index in [-0.39, 0.29) is 23.6 Å². The molecular formula is C22H26FNO3. The Bertz CT molecular complexity index is 791. The molecule has 2 aromatic carbocycles. The predicted molar refractivity (Wildman–Crippen MR) is 103 cm³/mol. The van der Waals surface area contributed by atoms with Gasteiger partial charge in [-0.1, -0.05) is 18.2 Å². The normalized spacial score (nSPS) is 20.3. The Hall–Kier alpha value is -2.40. The first-order chi connectivity index (χ1) is 13.0. The van der Waals surface area contributed by atoms with Crippen molar-refractivity contribution in [2.75, 3.05) is 14.2 Å². The molecule has 0 spiro atoms. The minimum atomic E-state index is -0.343. The van der Waals surface area contributed by atoms with Gasteiger partial charge in [0, 0.05) is 12.1 Å². The maximum absolute atomic E-state index is 13.6. The fraction of sp³-hybridized carbons (Fsp3) is 0.409. The number of nitrogens with one attached hydrogen (secondary N) is 1. The number of methoxy groups -OCH3 is 2. The fourth-order valence-corrected chi connectivity index (χ4v) is 3.84. The van der Waals surface area contributed by atoms with Gasteiger partial charge in [-0.25, -0.2) is 9.18 Å². The predicted octanol–water partition coefficient (Wildman–Crippen LogP) is 4.61. The molecule has 2 aromatic rings. The van der Waals surface area contributed by atoms with Gasteiger partial charge in [-0.15, -0.1) is 0 Å². The third kappa shape index (κ3) is 4.48. The van der Waals surface area contributed by atoms with Gasteiger partial charge in [-0.3, -0.25) is 0 Å². The van der Waals surface area contributed by atoms with Gasteiger partial charge in [0.25, 0.3) is 0 Å². The summed E-state index contributed by atoms with van der Waals surface area (Å²) in [6, 6.07) is 13.2. The van der Waals surface area contributed by atoms with E-state index in [1.807, 2.05) is 24.3 Å². The molecule has 0 heterocycles. The van der Waals surface area contributed by atoms with Crippen LogP contribution in [0.15, 0.2) is 42.5 Å². The second kappa shape index (κ2) is 8.53. The lowest BCUT2D eigenvalue weighted by Gasteiger charge is -2.21. The molecule has 1 unspecified atom stereocenters. The van der Waals surface area contributed by atoms with Crippen molar-refractivity contribution in [3.63, 3.8) is 0 Å². The van der Waals surface area contributed by atoms with Crippen LogP contribution in [0.25, 0.3) is 0 Å². The van der Waals surface area contributed by atoms with Gasteiger partial charge in [0.1, 0.15) is 0 Å². The average molecular weight is 371 g/mol. The van der Waals surface area contributed by atoms with Crippen LogP contribution in [0, 0.1) is 5.82 Å². The number of ether oxygens (including phenoxy) is 2. The summed E-state index contributed by atoms with van der Waals surface area (Å²) in [6.07, 6.45) is 3.24. The van der Waals surface area contributed by atoms with E-state index in [0.29, 0.717) is 17.5 Å². The Kier molecular flexibility index (Phi) is 6.11. The number of esters is 1. The monoisotopic (exact) mass is 371 g/mol. The van der Waals surface area contributed by atoms with E-state index in [2.05, 4.69) is 12.2 Å². The molecule has 0 radical (unpaired) electrons. The van der Waals surface area contributed by atoms with Gasteiger partial charge in [0.15, 0.2) is 11.6 Å². The van der Waals surface area contributed by atoms with E-state index in [9.17, 15) is 9.18 Å². The summed E-state index contributed by atoms with van der Waals surface area (Å²) in [5.74, 6) is 0.0983. The van der Waals surface area contributed by atoms with Crippen molar-refractivity contribution in [3.05, 3.63) is 65.0 Å². The maximum atomic E-state index is 13.6. The third-order valence-electron chi connectivity index (χ3n) is 5.40. The average Bonchev–Trinajstić information content (AvgIpc) is 3.16. The second-order valence-electron chi connectivity index (χ2n) is 7.10. The van der Waals surface area contributed by atoms with E-state index >= 15 is 0 Å². The van der Waals surface area contributed by atoms with Crippen molar-refractivity contribution >= 4 is 5.97 Å². The van der Waals surface area contributed by atoms with E-state index in [1.165, 1.54) is 25.8 Å². The van der Waals surface area contributed by atoms with E-state index in [4.69, 9.17) is 9.47 Å². The van der Waals surface area contributed by atoms with Gasteiger partial charge in [0.05, 0.1) is 19.8 Å². The molecule has 1 N–H and O–H groups in total. The van der Waals surface area contributed by atoms with E-state index in [1.54, 1.807) is 12.1 Å². The van der Waals surface area contributed by atoms with Gasteiger partial charge in [-0.2, -0.15) is 0 Å². The van der Waals surface area contributed by atoms with E-state index < -0.39 is 0 Å². The van der Waals surface area contributed by atoms with Crippen LogP contribution >= 0.6 is 0 Å². The van der Waals surface area contributed by atoms with Crippen LogP contribution in [0.3, 0.4) is 0 Å². The molecule has 1 saturated carbocycles. The highest BCUT2D eigenvalue weighted by Crippen LogP contribution is 2.36. The highest BCUT2D eigenvalue weighted by Gasteiger charge is 2.27. The first kappa shape index (κ1) is 19.4. The standard InChI is InChI=1S/C22H26FNO3/c1-14(17-9-11-20(23)21(13-17)26-2)24-19-10-8-18(12-19)15-4-6-16(7-5-15)22(25)27-3/h4-7,9,11,13-14,18-19,24H,8,10,12H2,1-3H3/t14-,18?,19+/m1/s1. The summed E-state index contributed by atoms with van der Waals surface area (Å²) in [5.41, 5.74) is 2.84. The van der Waals surface area contributed by atoms with Crippen LogP contribution in [0.2, 0.25) is 0 Å². The number of benzene rings is 2. The number of hydrogen-bond donors (Lipinski definition) is 1. The number of carbonyl (C=O) groups is 1. The minimum Gasteiger partial charge on any atom is -0.494 e. The van der Waals surface area contributed by atoms with Crippen molar-refractivity contribution in [2.24, 2.45) is 0 Å². The molecule has 144 valence electrons. The molecule has 0 aromatic heterocycles. The molecule has 5 heteroatoms. The first-order valence-corrected chi connectivity index (χ1v) is 9.29. The first-order valence-electron chi connectivity index (χ1n) is 9.29. The Labute approximate surface area is 159 Å². The largest absolute Gasteiger partial charge is 0.494 e. The Morgan fingerprint density at radius 2 is 1.89 bits per heavy atom. The molecule has 27 heavy (non-hydrogen) atoms. The lowest BCUT2D eigenvalue weighted by molar-refractivity contribution is 0.0600. The lowest BCUT2D eigenvalue weighted by Crippen LogP contribution is -2.29. The van der Waals surface area contributed by atoms with Crippen LogP contribution in [-0.4, -0.2) is 26.2 Å². The fourth-order valence-electron chi connectivity index (χ4n) is 3.84. The molecule has 0 saturated heterocycles. The highest BCUT2D eigenvalue weighted by atomic mass is 19.1. The summed E-state index contributed by atoms with van der Waals surface area (Å²) in [5, 5.41) is 3.65. The van der Waals surface area contributed by atoms with Crippen molar-refractivity contribution in [3.8, 4) is 5.75 Å². The van der Waals surface area contributed by atoms with Gasteiger partial charge in [-0.05, 0) is 67.5 Å². The Balaban J connectivity index is 1.60. The smallest absolute Gasteiger partial charge is 0.337 e. The molecule has 3 rings (SSSR count). The van der Waals surface area contributed by atoms with Crippen LogP contribution in [-0.2, 0) is 4.74 Å². The zero-order valence-electron chi connectivity index (χ0n) is 16.0. The minimum absolute atomic E-state index is 0.116. The summed E-state index contributed by atoms with van der Waals surface area (Å²) in [7, 11) is 2.87. The third-order valence-corrected chi connectivity index (χ3v) is 5.40. The molecule has 1 aliphatic carbocycles. The molecule has 0 amide bonds. The lowest BCUT2D eigenvalue weighted by atomic mass is 9.96. The molecule has 4 nitrogen and oxygen atoms in total. The number of hydrogen-bond acceptors (Lipinski definition) is 4. The molecule has 3 atom stereocenters. The van der Waals surface area contributed by atoms with Gasteiger partial charge in [0.2, 0.25) is 0 Å². The summed E-state index contributed by atoms with van der Waals surface area (Å²) in [4.78, 5) is 11.6. The Morgan fingerprint density at radius 1 is 1.15 bits per heavy atom. The summed E-state index contributed by atoms with van der Waals surface area (Å²) >= 11 is 0. The van der Waals surface area contributed by atoms with Gasteiger partial charge >= 0.3 is 5.97 Å². The summed E-state index contributed by atoms with van der Waals surface area (Å²) in [6.45, 7) is 2.09.